The molecular weight excluding hydrogens is 410 g/mol. The zero-order valence-electron chi connectivity index (χ0n) is 18.0. The van der Waals surface area contributed by atoms with Crippen molar-refractivity contribution in [3.63, 3.8) is 0 Å². The number of hydrogen-bond donors (Lipinski definition) is 2. The number of anilines is 2. The Morgan fingerprint density at radius 2 is 1.79 bits per heavy atom. The molecule has 0 saturated carbocycles. The zero-order chi connectivity index (χ0) is 23.0. The third kappa shape index (κ3) is 5.77. The van der Waals surface area contributed by atoms with Crippen LogP contribution in [0.3, 0.4) is 0 Å². The predicted molar refractivity (Wildman–Crippen MR) is 132 cm³/mol. The van der Waals surface area contributed by atoms with E-state index in [0.717, 1.165) is 28.3 Å². The highest BCUT2D eigenvalue weighted by Crippen LogP contribution is 2.18. The van der Waals surface area contributed by atoms with Crippen LogP contribution in [0.1, 0.15) is 21.7 Å². The van der Waals surface area contributed by atoms with E-state index in [0.29, 0.717) is 23.4 Å². The number of allylic oxidation sites excluding steroid dienone is 1. The van der Waals surface area contributed by atoms with Gasteiger partial charge in [-0.3, -0.25) is 9.78 Å². The molecule has 2 aromatic carbocycles. The molecule has 4 aromatic rings. The van der Waals surface area contributed by atoms with Crippen molar-refractivity contribution in [3.8, 4) is 11.3 Å². The third-order valence-electron chi connectivity index (χ3n) is 4.91. The zero-order valence-corrected chi connectivity index (χ0v) is 18.0. The minimum atomic E-state index is -0.192. The fraction of sp³-hybridized carbons (Fsp3) is 0.0370. The Morgan fingerprint density at radius 1 is 0.939 bits per heavy atom. The summed E-state index contributed by atoms with van der Waals surface area (Å²) in [6, 6.07) is 20.6. The van der Waals surface area contributed by atoms with Crippen molar-refractivity contribution in [3.05, 3.63) is 127 Å². The van der Waals surface area contributed by atoms with E-state index in [-0.39, 0.29) is 5.91 Å². The number of benzene rings is 2. The fourth-order valence-corrected chi connectivity index (χ4v) is 3.23. The molecule has 0 saturated heterocycles. The van der Waals surface area contributed by atoms with E-state index >= 15 is 0 Å². The van der Waals surface area contributed by atoms with Gasteiger partial charge in [-0.1, -0.05) is 31.4 Å². The third-order valence-corrected chi connectivity index (χ3v) is 4.91. The van der Waals surface area contributed by atoms with Crippen LogP contribution in [0.2, 0.25) is 0 Å². The second kappa shape index (κ2) is 10.2. The van der Waals surface area contributed by atoms with Gasteiger partial charge in [-0.05, 0) is 60.2 Å². The van der Waals surface area contributed by atoms with Crippen LogP contribution < -0.4 is 10.6 Å². The number of pyridine rings is 1. The van der Waals surface area contributed by atoms with Crippen LogP contribution in [0.4, 0.5) is 11.4 Å². The maximum absolute atomic E-state index is 12.7. The van der Waals surface area contributed by atoms with Crippen molar-refractivity contribution in [1.29, 1.82) is 0 Å². The fourth-order valence-electron chi connectivity index (χ4n) is 3.23. The lowest BCUT2D eigenvalue weighted by atomic mass is 10.1. The van der Waals surface area contributed by atoms with Gasteiger partial charge in [0.25, 0.3) is 5.91 Å². The maximum atomic E-state index is 12.7. The second-order valence-corrected chi connectivity index (χ2v) is 7.36. The highest BCUT2D eigenvalue weighted by atomic mass is 16.1. The summed E-state index contributed by atoms with van der Waals surface area (Å²) in [6.45, 7) is 7.50. The summed E-state index contributed by atoms with van der Waals surface area (Å²) in [6.07, 6.45) is 7.48. The van der Waals surface area contributed by atoms with Crippen LogP contribution in [-0.4, -0.2) is 20.9 Å². The Labute approximate surface area is 192 Å². The molecule has 0 bridgehead atoms. The van der Waals surface area contributed by atoms with E-state index in [1.807, 2.05) is 54.6 Å². The molecular formula is C27H23N5O. The molecule has 33 heavy (non-hydrogen) atoms. The topological polar surface area (TPSA) is 79.8 Å². The first kappa shape index (κ1) is 21.6. The van der Waals surface area contributed by atoms with E-state index in [1.165, 1.54) is 0 Å². The highest BCUT2D eigenvalue weighted by molar-refractivity contribution is 6.04. The molecule has 0 atom stereocenters. The van der Waals surface area contributed by atoms with Gasteiger partial charge >= 0.3 is 0 Å². The molecule has 0 radical (unpaired) electrons. The molecule has 4 rings (SSSR count). The molecule has 0 spiro atoms. The van der Waals surface area contributed by atoms with E-state index < -0.39 is 0 Å². The van der Waals surface area contributed by atoms with Crippen LogP contribution in [0.25, 0.3) is 11.3 Å². The quantitative estimate of drug-likeness (QED) is 0.359. The number of aromatic nitrogens is 3. The number of carbonyl (C=O) groups excluding carboxylic acids is 1. The van der Waals surface area contributed by atoms with Gasteiger partial charge < -0.3 is 10.6 Å². The second-order valence-electron chi connectivity index (χ2n) is 7.36. The monoisotopic (exact) mass is 433 g/mol. The van der Waals surface area contributed by atoms with Crippen LogP contribution in [0.5, 0.6) is 0 Å². The lowest BCUT2D eigenvalue weighted by Gasteiger charge is -2.09. The van der Waals surface area contributed by atoms with Gasteiger partial charge in [-0.15, -0.1) is 0 Å². The number of nitrogens with one attached hydrogen (secondary N) is 2. The summed E-state index contributed by atoms with van der Waals surface area (Å²) in [5.41, 5.74) is 5.53. The summed E-state index contributed by atoms with van der Waals surface area (Å²) < 4.78 is 0. The molecule has 6 heteroatoms. The van der Waals surface area contributed by atoms with Gasteiger partial charge in [0.1, 0.15) is 5.82 Å². The molecule has 0 unspecified atom stereocenters. The summed E-state index contributed by atoms with van der Waals surface area (Å²) in [5, 5.41) is 6.01. The Bertz CT molecular complexity index is 1280. The Balaban J connectivity index is 1.41. The number of hydrogen-bond acceptors (Lipinski definition) is 5. The molecule has 162 valence electrons. The minimum Gasteiger partial charge on any atom is -0.356 e. The molecule has 0 fully saturated rings. The van der Waals surface area contributed by atoms with Crippen LogP contribution in [0, 0.1) is 0 Å². The average Bonchev–Trinajstić information content (AvgIpc) is 2.86. The Hall–Kier alpha value is -4.58. The summed E-state index contributed by atoms with van der Waals surface area (Å²) >= 11 is 0. The lowest BCUT2D eigenvalue weighted by molar-refractivity contribution is 0.102. The van der Waals surface area contributed by atoms with Crippen molar-refractivity contribution in [2.45, 2.75) is 6.42 Å². The molecule has 2 N–H and O–H groups in total. The van der Waals surface area contributed by atoms with Crippen molar-refractivity contribution in [2.75, 3.05) is 10.6 Å². The SMILES string of the molecule is C=CC(=C)Nc1cccc(C(=O)Nc2ccc(Cc3nccc(-c4cccnc4)n3)cc2)c1. The summed E-state index contributed by atoms with van der Waals surface area (Å²) in [7, 11) is 0. The molecule has 0 aliphatic rings. The molecule has 0 aliphatic heterocycles. The van der Waals surface area contributed by atoms with Gasteiger partial charge in [0.05, 0.1) is 5.69 Å². The molecule has 0 aliphatic carbocycles. The van der Waals surface area contributed by atoms with Gasteiger partial charge in [-0.2, -0.15) is 0 Å². The van der Waals surface area contributed by atoms with E-state index in [1.54, 1.807) is 36.8 Å². The molecule has 2 heterocycles. The van der Waals surface area contributed by atoms with Crippen molar-refractivity contribution >= 4 is 17.3 Å². The van der Waals surface area contributed by atoms with Crippen molar-refractivity contribution in [1.82, 2.24) is 15.0 Å². The number of rotatable bonds is 8. The first-order chi connectivity index (χ1) is 16.1. The largest absolute Gasteiger partial charge is 0.356 e. The average molecular weight is 434 g/mol. The number of nitrogens with zero attached hydrogens (tertiary/aromatic N) is 3. The maximum Gasteiger partial charge on any atom is 0.255 e. The Morgan fingerprint density at radius 3 is 2.55 bits per heavy atom. The molecule has 6 nitrogen and oxygen atoms in total. The van der Waals surface area contributed by atoms with E-state index in [9.17, 15) is 4.79 Å². The van der Waals surface area contributed by atoms with Crippen LogP contribution in [-0.2, 0) is 6.42 Å². The first-order valence-electron chi connectivity index (χ1n) is 10.4. The van der Waals surface area contributed by atoms with E-state index in [4.69, 9.17) is 0 Å². The van der Waals surface area contributed by atoms with Crippen molar-refractivity contribution < 1.29 is 4.79 Å². The first-order valence-corrected chi connectivity index (χ1v) is 10.4. The summed E-state index contributed by atoms with van der Waals surface area (Å²) in [5.74, 6) is 0.529. The highest BCUT2D eigenvalue weighted by Gasteiger charge is 2.08. The summed E-state index contributed by atoms with van der Waals surface area (Å²) in [4.78, 5) is 25.8. The standard InChI is InChI=1S/C27H23N5O/c1-3-19(2)30-24-8-4-6-21(17-24)27(33)31-23-11-9-20(10-12-23)16-26-29-15-13-25(32-26)22-7-5-14-28-18-22/h3-15,17-18,30H,1-2,16H2,(H,31,33). The Kier molecular flexibility index (Phi) is 6.66. The van der Waals surface area contributed by atoms with Crippen molar-refractivity contribution in [2.24, 2.45) is 0 Å². The van der Waals surface area contributed by atoms with Gasteiger partial charge in [0, 0.05) is 53.2 Å². The number of amides is 1. The van der Waals surface area contributed by atoms with Gasteiger partial charge in [-0.25, -0.2) is 9.97 Å². The lowest BCUT2D eigenvalue weighted by Crippen LogP contribution is -2.12. The van der Waals surface area contributed by atoms with Gasteiger partial charge in [0.2, 0.25) is 0 Å². The van der Waals surface area contributed by atoms with Gasteiger partial charge in [0.15, 0.2) is 0 Å². The van der Waals surface area contributed by atoms with Crippen LogP contribution in [0.15, 0.2) is 110 Å². The normalized spacial score (nSPS) is 10.3. The smallest absolute Gasteiger partial charge is 0.255 e. The predicted octanol–water partition coefficient (Wildman–Crippen LogP) is 5.49. The minimum absolute atomic E-state index is 0.192. The van der Waals surface area contributed by atoms with E-state index in [2.05, 4.69) is 38.7 Å². The number of carbonyl (C=O) groups is 1. The molecule has 2 aromatic heterocycles. The van der Waals surface area contributed by atoms with Crippen LogP contribution >= 0.6 is 0 Å². The molecule has 1 amide bonds.